The third-order valence-electron chi connectivity index (χ3n) is 3.57. The molecule has 0 spiro atoms. The molecule has 0 aliphatic rings. The monoisotopic (exact) mass is 305 g/mol. The van der Waals surface area contributed by atoms with Gasteiger partial charge in [0.2, 0.25) is 0 Å². The second kappa shape index (κ2) is 8.16. The first kappa shape index (κ1) is 16.0. The average Bonchev–Trinajstić information content (AvgIpc) is 2.49. The molecule has 0 aromatic heterocycles. The fourth-order valence-electron chi connectivity index (χ4n) is 2.41. The van der Waals surface area contributed by atoms with Gasteiger partial charge in [-0.3, -0.25) is 0 Å². The third kappa shape index (κ3) is 5.14. The van der Waals surface area contributed by atoms with Gasteiger partial charge >= 0.3 is 0 Å². The van der Waals surface area contributed by atoms with E-state index < -0.39 is 0 Å². The van der Waals surface area contributed by atoms with Crippen molar-refractivity contribution in [3.05, 3.63) is 70.5 Å². The predicted molar refractivity (Wildman–Crippen MR) is 87.2 cm³/mol. The van der Waals surface area contributed by atoms with Crippen molar-refractivity contribution in [2.45, 2.75) is 32.2 Å². The lowest BCUT2D eigenvalue weighted by molar-refractivity contribution is 0.497. The first-order valence-corrected chi connectivity index (χ1v) is 7.80. The first-order valence-electron chi connectivity index (χ1n) is 7.42. The molecule has 1 atom stereocenters. The summed E-state index contributed by atoms with van der Waals surface area (Å²) in [5.41, 5.74) is 2.41. The number of rotatable bonds is 7. The minimum atomic E-state index is -0.184. The fourth-order valence-corrected chi connectivity index (χ4v) is 2.54. The van der Waals surface area contributed by atoms with Crippen molar-refractivity contribution in [1.82, 2.24) is 5.32 Å². The molecule has 2 aromatic carbocycles. The van der Waals surface area contributed by atoms with E-state index in [1.54, 1.807) is 0 Å². The molecule has 0 aliphatic heterocycles. The van der Waals surface area contributed by atoms with Crippen LogP contribution in [0.4, 0.5) is 4.39 Å². The van der Waals surface area contributed by atoms with E-state index in [2.05, 4.69) is 24.4 Å². The van der Waals surface area contributed by atoms with Crippen molar-refractivity contribution in [2.24, 2.45) is 0 Å². The molecule has 0 radical (unpaired) electrons. The summed E-state index contributed by atoms with van der Waals surface area (Å²) in [7, 11) is 0. The number of halogens is 2. The Hall–Kier alpha value is -1.38. The van der Waals surface area contributed by atoms with E-state index in [0.717, 1.165) is 36.4 Å². The number of nitrogens with one attached hydrogen (secondary N) is 1. The molecular weight excluding hydrogens is 285 g/mol. The van der Waals surface area contributed by atoms with Crippen LogP contribution in [0.1, 0.15) is 36.9 Å². The summed E-state index contributed by atoms with van der Waals surface area (Å²) in [4.78, 5) is 0. The van der Waals surface area contributed by atoms with Crippen molar-refractivity contribution in [1.29, 1.82) is 0 Å². The zero-order chi connectivity index (χ0) is 15.1. The number of hydrogen-bond acceptors (Lipinski definition) is 1. The predicted octanol–water partition coefficient (Wildman–Crippen LogP) is 5.15. The van der Waals surface area contributed by atoms with Gasteiger partial charge in [0.1, 0.15) is 5.82 Å². The van der Waals surface area contributed by atoms with E-state index in [4.69, 9.17) is 11.6 Å². The van der Waals surface area contributed by atoms with Crippen LogP contribution in [0.3, 0.4) is 0 Å². The Bertz CT molecular complexity index is 536. The third-order valence-corrected chi connectivity index (χ3v) is 3.82. The van der Waals surface area contributed by atoms with E-state index in [0.29, 0.717) is 6.04 Å². The van der Waals surface area contributed by atoms with Gasteiger partial charge in [-0.1, -0.05) is 49.2 Å². The van der Waals surface area contributed by atoms with E-state index in [1.807, 2.05) is 24.3 Å². The lowest BCUT2D eigenvalue weighted by atomic mass is 10.0. The van der Waals surface area contributed by atoms with Gasteiger partial charge in [-0.2, -0.15) is 0 Å². The van der Waals surface area contributed by atoms with Gasteiger partial charge in [-0.25, -0.2) is 4.39 Å². The Morgan fingerprint density at radius 1 is 1.05 bits per heavy atom. The first-order chi connectivity index (χ1) is 10.2. The Morgan fingerprint density at radius 2 is 1.71 bits per heavy atom. The molecule has 0 saturated heterocycles. The van der Waals surface area contributed by atoms with Crippen molar-refractivity contribution < 1.29 is 4.39 Å². The van der Waals surface area contributed by atoms with Crippen molar-refractivity contribution in [3.8, 4) is 0 Å². The maximum Gasteiger partial charge on any atom is 0.123 e. The topological polar surface area (TPSA) is 12.0 Å². The van der Waals surface area contributed by atoms with Crippen LogP contribution in [-0.2, 0) is 6.42 Å². The van der Waals surface area contributed by atoms with Crippen molar-refractivity contribution >= 4 is 11.6 Å². The zero-order valence-corrected chi connectivity index (χ0v) is 13.0. The summed E-state index contributed by atoms with van der Waals surface area (Å²) in [6.07, 6.45) is 3.11. The standard InChI is InChI=1S/C18H21ClFN/c1-2-3-18(15-6-8-16(19)9-7-15)21-13-12-14-4-10-17(20)11-5-14/h4-11,18,21H,2-3,12-13H2,1H3. The van der Waals surface area contributed by atoms with Gasteiger partial charge in [-0.05, 0) is 54.8 Å². The van der Waals surface area contributed by atoms with Crippen LogP contribution < -0.4 is 5.32 Å². The smallest absolute Gasteiger partial charge is 0.123 e. The van der Waals surface area contributed by atoms with E-state index in [9.17, 15) is 4.39 Å². The van der Waals surface area contributed by atoms with Gasteiger partial charge in [0.15, 0.2) is 0 Å². The van der Waals surface area contributed by atoms with Crippen LogP contribution in [-0.4, -0.2) is 6.54 Å². The van der Waals surface area contributed by atoms with Crippen LogP contribution in [0.15, 0.2) is 48.5 Å². The normalized spacial score (nSPS) is 12.3. The quantitative estimate of drug-likeness (QED) is 0.745. The summed E-state index contributed by atoms with van der Waals surface area (Å²) in [6.45, 7) is 3.06. The van der Waals surface area contributed by atoms with Crippen molar-refractivity contribution in [3.63, 3.8) is 0 Å². The van der Waals surface area contributed by atoms with Crippen LogP contribution in [0, 0.1) is 5.82 Å². The summed E-state index contributed by atoms with van der Waals surface area (Å²) in [5, 5.41) is 4.35. The summed E-state index contributed by atoms with van der Waals surface area (Å²) in [5.74, 6) is -0.184. The van der Waals surface area contributed by atoms with Crippen molar-refractivity contribution in [2.75, 3.05) is 6.54 Å². The highest BCUT2D eigenvalue weighted by atomic mass is 35.5. The lowest BCUT2D eigenvalue weighted by Crippen LogP contribution is -2.23. The zero-order valence-electron chi connectivity index (χ0n) is 12.3. The Morgan fingerprint density at radius 3 is 2.33 bits per heavy atom. The molecule has 0 saturated carbocycles. The summed E-state index contributed by atoms with van der Waals surface area (Å²) < 4.78 is 12.9. The molecule has 1 nitrogen and oxygen atoms in total. The summed E-state index contributed by atoms with van der Waals surface area (Å²) >= 11 is 5.94. The van der Waals surface area contributed by atoms with Gasteiger partial charge in [0.05, 0.1) is 0 Å². The summed E-state index contributed by atoms with van der Waals surface area (Å²) in [6, 6.07) is 15.1. The van der Waals surface area contributed by atoms with Crippen LogP contribution in [0.5, 0.6) is 0 Å². The SMILES string of the molecule is CCCC(NCCc1ccc(F)cc1)c1ccc(Cl)cc1. The minimum Gasteiger partial charge on any atom is -0.310 e. The second-order valence-corrected chi connectivity index (χ2v) is 5.66. The Balaban J connectivity index is 1.90. The van der Waals surface area contributed by atoms with Crippen LogP contribution >= 0.6 is 11.6 Å². The molecule has 2 aromatic rings. The lowest BCUT2D eigenvalue weighted by Gasteiger charge is -2.19. The number of benzene rings is 2. The Kier molecular flexibility index (Phi) is 6.21. The molecule has 1 unspecified atom stereocenters. The molecule has 0 amide bonds. The van der Waals surface area contributed by atoms with E-state index in [1.165, 1.54) is 17.7 Å². The molecule has 3 heteroatoms. The molecule has 0 heterocycles. The van der Waals surface area contributed by atoms with Gasteiger partial charge < -0.3 is 5.32 Å². The Labute approximate surface area is 131 Å². The highest BCUT2D eigenvalue weighted by molar-refractivity contribution is 6.30. The maximum atomic E-state index is 12.9. The molecule has 0 aliphatic carbocycles. The van der Waals surface area contributed by atoms with E-state index >= 15 is 0 Å². The average molecular weight is 306 g/mol. The molecule has 1 N–H and O–H groups in total. The van der Waals surface area contributed by atoms with Crippen LogP contribution in [0.2, 0.25) is 5.02 Å². The maximum absolute atomic E-state index is 12.9. The molecule has 0 fully saturated rings. The highest BCUT2D eigenvalue weighted by Gasteiger charge is 2.09. The molecule has 21 heavy (non-hydrogen) atoms. The van der Waals surface area contributed by atoms with Gasteiger partial charge in [0.25, 0.3) is 0 Å². The van der Waals surface area contributed by atoms with Crippen LogP contribution in [0.25, 0.3) is 0 Å². The minimum absolute atomic E-state index is 0.184. The molecular formula is C18H21ClFN. The number of hydrogen-bond donors (Lipinski definition) is 1. The highest BCUT2D eigenvalue weighted by Crippen LogP contribution is 2.20. The van der Waals surface area contributed by atoms with Gasteiger partial charge in [0, 0.05) is 11.1 Å². The molecule has 0 bridgehead atoms. The van der Waals surface area contributed by atoms with Gasteiger partial charge in [-0.15, -0.1) is 0 Å². The molecule has 112 valence electrons. The molecule has 2 rings (SSSR count). The second-order valence-electron chi connectivity index (χ2n) is 5.22. The fraction of sp³-hybridized carbons (Fsp3) is 0.333. The van der Waals surface area contributed by atoms with E-state index in [-0.39, 0.29) is 5.82 Å². The largest absolute Gasteiger partial charge is 0.310 e.